The first kappa shape index (κ1) is 27.6. The number of hydrogen-bond donors (Lipinski definition) is 1. The third-order valence-corrected chi connectivity index (χ3v) is 10.1. The van der Waals surface area contributed by atoms with Crippen LogP contribution < -0.4 is 5.32 Å². The molecule has 0 bridgehead atoms. The summed E-state index contributed by atoms with van der Waals surface area (Å²) < 4.78 is 0. The van der Waals surface area contributed by atoms with Crippen LogP contribution in [0.2, 0.25) is 0 Å². The normalized spacial score (nSPS) is 30.9. The van der Waals surface area contributed by atoms with Gasteiger partial charge >= 0.3 is 0 Å². The molecule has 2 aliphatic heterocycles. The maximum absolute atomic E-state index is 13.7. The molecule has 0 aromatic heterocycles. The quantitative estimate of drug-likeness (QED) is 0.317. The topological polar surface area (TPSA) is 52.4 Å². The van der Waals surface area contributed by atoms with Gasteiger partial charge in [-0.05, 0) is 88.1 Å². The van der Waals surface area contributed by atoms with Gasteiger partial charge in [-0.1, -0.05) is 48.5 Å². The van der Waals surface area contributed by atoms with Gasteiger partial charge in [0.2, 0.25) is 11.8 Å². The molecule has 3 fully saturated rings. The smallest absolute Gasteiger partial charge is 0.233 e. The van der Waals surface area contributed by atoms with E-state index in [1.807, 2.05) is 0 Å². The van der Waals surface area contributed by atoms with Gasteiger partial charge in [0, 0.05) is 30.6 Å². The number of hydrogen-bond acceptors (Lipinski definition) is 4. The zero-order chi connectivity index (χ0) is 26.0. The molecule has 196 valence electrons. The molecule has 5 nitrogen and oxygen atoms in total. The van der Waals surface area contributed by atoms with Crippen molar-refractivity contribution in [2.24, 2.45) is 27.6 Å². The van der Waals surface area contributed by atoms with Crippen LogP contribution in [0.25, 0.3) is 0 Å². The van der Waals surface area contributed by atoms with E-state index in [-0.39, 0.29) is 44.9 Å². The molecule has 2 saturated heterocycles. The van der Waals surface area contributed by atoms with E-state index in [1.165, 1.54) is 19.5 Å². The van der Waals surface area contributed by atoms with Crippen molar-refractivity contribution in [3.05, 3.63) is 0 Å². The van der Waals surface area contributed by atoms with Gasteiger partial charge in [-0.25, -0.2) is 0 Å². The first-order valence-corrected chi connectivity index (χ1v) is 13.6. The van der Waals surface area contributed by atoms with E-state index in [9.17, 15) is 9.59 Å². The van der Waals surface area contributed by atoms with Crippen molar-refractivity contribution in [3.63, 3.8) is 0 Å². The van der Waals surface area contributed by atoms with Gasteiger partial charge in [0.15, 0.2) is 0 Å². The summed E-state index contributed by atoms with van der Waals surface area (Å²) in [6, 6.07) is 0. The van der Waals surface area contributed by atoms with Crippen molar-refractivity contribution in [2.75, 3.05) is 26.2 Å². The minimum Gasteiger partial charge on any atom is -0.312 e. The lowest BCUT2D eigenvalue weighted by molar-refractivity contribution is -0.146. The van der Waals surface area contributed by atoms with Crippen molar-refractivity contribution in [3.8, 4) is 0 Å². The van der Waals surface area contributed by atoms with Gasteiger partial charge in [0.05, 0.1) is 5.92 Å². The molecule has 2 heterocycles. The van der Waals surface area contributed by atoms with Gasteiger partial charge in [0.25, 0.3) is 0 Å². The van der Waals surface area contributed by atoms with E-state index in [1.54, 1.807) is 4.90 Å². The Labute approximate surface area is 209 Å². The molecule has 1 aliphatic carbocycles. The maximum atomic E-state index is 13.7. The van der Waals surface area contributed by atoms with Crippen molar-refractivity contribution < 1.29 is 9.59 Å². The summed E-state index contributed by atoms with van der Waals surface area (Å²) in [4.78, 5) is 30.9. The average molecular weight is 476 g/mol. The Kier molecular flexibility index (Phi) is 6.97. The molecule has 0 spiro atoms. The van der Waals surface area contributed by atoms with Crippen LogP contribution in [0.3, 0.4) is 0 Å². The van der Waals surface area contributed by atoms with Crippen LogP contribution in [0.1, 0.15) is 108 Å². The Hall–Kier alpha value is -0.940. The minimum atomic E-state index is -0.481. The van der Waals surface area contributed by atoms with Gasteiger partial charge in [-0.3, -0.25) is 14.5 Å². The number of imide groups is 1. The highest BCUT2D eigenvalue weighted by Crippen LogP contribution is 2.75. The summed E-state index contributed by atoms with van der Waals surface area (Å²) in [5.41, 5.74) is 0.101. The molecule has 34 heavy (non-hydrogen) atoms. The molecule has 1 saturated carbocycles. The molecule has 0 radical (unpaired) electrons. The number of amides is 2. The van der Waals surface area contributed by atoms with Gasteiger partial charge in [-0.2, -0.15) is 0 Å². The Morgan fingerprint density at radius 3 is 2.03 bits per heavy atom. The predicted octanol–water partition coefficient (Wildman–Crippen LogP) is 5.48. The molecular weight excluding hydrogens is 422 g/mol. The monoisotopic (exact) mass is 475 g/mol. The second kappa shape index (κ2) is 8.57. The zero-order valence-corrected chi connectivity index (χ0v) is 24.2. The van der Waals surface area contributed by atoms with E-state index >= 15 is 0 Å². The predicted molar refractivity (Wildman–Crippen MR) is 140 cm³/mol. The third kappa shape index (κ3) is 5.40. The Bertz CT molecular complexity index is 805. The van der Waals surface area contributed by atoms with E-state index in [2.05, 4.69) is 86.4 Å². The number of nitrogens with one attached hydrogen (secondary N) is 1. The van der Waals surface area contributed by atoms with Crippen LogP contribution in [0.5, 0.6) is 0 Å². The summed E-state index contributed by atoms with van der Waals surface area (Å²) in [6.45, 7) is 29.2. The summed E-state index contributed by atoms with van der Waals surface area (Å²) in [5, 5.41) is 3.68. The number of rotatable bonds is 11. The van der Waals surface area contributed by atoms with Crippen LogP contribution >= 0.6 is 0 Å². The standard InChI is InChI=1S/C29H53N3O2/c1-24(2,3)29(11)20-28(29,10)19-25(4,5)21-18-22(33)32(23(21)34)27(8,9)12-14-30-26(6,7)13-15-31-16-17-31/h21,30H,12-20H2,1-11H3. The highest BCUT2D eigenvalue weighted by molar-refractivity contribution is 6.04. The second-order valence-corrected chi connectivity index (χ2v) is 15.3. The van der Waals surface area contributed by atoms with Crippen molar-refractivity contribution in [2.45, 2.75) is 119 Å². The molecule has 5 heteroatoms. The van der Waals surface area contributed by atoms with Gasteiger partial charge < -0.3 is 10.2 Å². The molecule has 3 atom stereocenters. The summed E-state index contributed by atoms with van der Waals surface area (Å²) in [6.07, 6.45) is 4.41. The fourth-order valence-electron chi connectivity index (χ4n) is 6.81. The average Bonchev–Trinajstić information content (AvgIpc) is 3.52. The van der Waals surface area contributed by atoms with Crippen molar-refractivity contribution >= 4 is 11.8 Å². The van der Waals surface area contributed by atoms with Crippen molar-refractivity contribution in [1.82, 2.24) is 15.1 Å². The van der Waals surface area contributed by atoms with Gasteiger partial charge in [0.1, 0.15) is 0 Å². The molecular formula is C29H53N3O2. The first-order chi connectivity index (χ1) is 15.2. The van der Waals surface area contributed by atoms with E-state index in [4.69, 9.17) is 0 Å². The van der Waals surface area contributed by atoms with Crippen LogP contribution in [0.15, 0.2) is 0 Å². The molecule has 1 N–H and O–H groups in total. The molecule has 3 unspecified atom stereocenters. The fourth-order valence-corrected chi connectivity index (χ4v) is 6.81. The Balaban J connectivity index is 1.61. The number of likely N-dealkylation sites (tertiary alicyclic amines) is 1. The third-order valence-electron chi connectivity index (χ3n) is 10.1. The molecule has 0 aromatic carbocycles. The lowest BCUT2D eigenvalue weighted by atomic mass is 9.66. The largest absolute Gasteiger partial charge is 0.312 e. The van der Waals surface area contributed by atoms with E-state index in [0.717, 1.165) is 32.4 Å². The summed E-state index contributed by atoms with van der Waals surface area (Å²) in [5.74, 6) is -0.172. The lowest BCUT2D eigenvalue weighted by Crippen LogP contribution is -2.51. The van der Waals surface area contributed by atoms with E-state index in [0.29, 0.717) is 6.42 Å². The van der Waals surface area contributed by atoms with E-state index < -0.39 is 5.54 Å². The number of nitrogens with zero attached hydrogens (tertiary/aromatic N) is 2. The molecule has 0 aromatic rings. The van der Waals surface area contributed by atoms with Crippen LogP contribution in [0, 0.1) is 27.6 Å². The van der Waals surface area contributed by atoms with Crippen LogP contribution in [-0.2, 0) is 9.59 Å². The SMILES string of the molecule is CC(C)(CCN1CC1)NCCC(C)(C)N1C(=O)CC(C(C)(C)CC2(C)CC2(C)C(C)(C)C)C1=O. The van der Waals surface area contributed by atoms with Crippen LogP contribution in [-0.4, -0.2) is 58.9 Å². The molecule has 3 aliphatic rings. The highest BCUT2D eigenvalue weighted by atomic mass is 16.2. The molecule has 2 amide bonds. The first-order valence-electron chi connectivity index (χ1n) is 13.6. The number of carbonyl (C=O) groups excluding carboxylic acids is 2. The maximum Gasteiger partial charge on any atom is 0.233 e. The second-order valence-electron chi connectivity index (χ2n) is 15.3. The highest BCUT2D eigenvalue weighted by Gasteiger charge is 2.67. The van der Waals surface area contributed by atoms with Crippen molar-refractivity contribution in [1.29, 1.82) is 0 Å². The Morgan fingerprint density at radius 2 is 1.53 bits per heavy atom. The zero-order valence-electron chi connectivity index (χ0n) is 24.2. The lowest BCUT2D eigenvalue weighted by Gasteiger charge is -2.39. The van der Waals surface area contributed by atoms with Crippen LogP contribution in [0.4, 0.5) is 0 Å². The van der Waals surface area contributed by atoms with Gasteiger partial charge in [-0.15, -0.1) is 0 Å². The number of carbonyl (C=O) groups is 2. The fraction of sp³-hybridized carbons (Fsp3) is 0.931. The molecule has 3 rings (SSSR count). The minimum absolute atomic E-state index is 0.00778. The Morgan fingerprint density at radius 1 is 0.941 bits per heavy atom. The summed E-state index contributed by atoms with van der Waals surface area (Å²) >= 11 is 0. The summed E-state index contributed by atoms with van der Waals surface area (Å²) in [7, 11) is 0.